The summed E-state index contributed by atoms with van der Waals surface area (Å²) < 4.78 is 0. The van der Waals surface area contributed by atoms with Crippen LogP contribution < -0.4 is 5.32 Å². The predicted octanol–water partition coefficient (Wildman–Crippen LogP) is -0.164. The summed E-state index contributed by atoms with van der Waals surface area (Å²) in [7, 11) is 0. The monoisotopic (exact) mass is 254 g/mol. The maximum absolute atomic E-state index is 11.7. The summed E-state index contributed by atoms with van der Waals surface area (Å²) in [5, 5.41) is 11.3. The molecule has 0 aromatic carbocycles. The van der Waals surface area contributed by atoms with Gasteiger partial charge in [0.05, 0.1) is 11.8 Å². The van der Waals surface area contributed by atoms with E-state index in [0.717, 1.165) is 25.9 Å². The van der Waals surface area contributed by atoms with E-state index < -0.39 is 17.8 Å². The smallest absolute Gasteiger partial charge is 0.307 e. The lowest BCUT2D eigenvalue weighted by atomic mass is 10.3. The number of carbonyl (C=O) groups is 3. The number of carboxylic acids is 1. The Kier molecular flexibility index (Phi) is 3.84. The average Bonchev–Trinajstić information content (AvgIpc) is 2.96. The topological polar surface area (TPSA) is 86.7 Å². The number of nitrogens with zero attached hydrogens (tertiary/aromatic N) is 1. The molecule has 6 nitrogen and oxygen atoms in total. The largest absolute Gasteiger partial charge is 0.481 e. The van der Waals surface area contributed by atoms with E-state index in [-0.39, 0.29) is 11.8 Å². The minimum Gasteiger partial charge on any atom is -0.481 e. The molecule has 0 aromatic rings. The van der Waals surface area contributed by atoms with Gasteiger partial charge in [-0.25, -0.2) is 0 Å². The Balaban J connectivity index is 1.62. The molecule has 2 fully saturated rings. The standard InChI is InChI=1S/C12H18N2O4/c15-10(14-5-1-2-6-14)3-4-13-11(16)8-7-9(8)12(17)18/h8-9H,1-7H2,(H,13,16)(H,17,18). The molecule has 0 spiro atoms. The lowest BCUT2D eigenvalue weighted by Gasteiger charge is -2.15. The van der Waals surface area contributed by atoms with Gasteiger partial charge in [0.1, 0.15) is 0 Å². The number of carboxylic acid groups (broad SMARTS) is 1. The lowest BCUT2D eigenvalue weighted by Crippen LogP contribution is -2.33. The van der Waals surface area contributed by atoms with Crippen LogP contribution in [0.2, 0.25) is 0 Å². The van der Waals surface area contributed by atoms with Crippen LogP contribution in [0.3, 0.4) is 0 Å². The first-order valence-electron chi connectivity index (χ1n) is 6.38. The van der Waals surface area contributed by atoms with Crippen LogP contribution in [0, 0.1) is 11.8 Å². The summed E-state index contributed by atoms with van der Waals surface area (Å²) >= 11 is 0. The van der Waals surface area contributed by atoms with Gasteiger partial charge in [-0.3, -0.25) is 14.4 Å². The Morgan fingerprint density at radius 1 is 1.17 bits per heavy atom. The molecule has 0 radical (unpaired) electrons. The van der Waals surface area contributed by atoms with Crippen molar-refractivity contribution in [2.75, 3.05) is 19.6 Å². The van der Waals surface area contributed by atoms with Crippen molar-refractivity contribution in [3.8, 4) is 0 Å². The fraction of sp³-hybridized carbons (Fsp3) is 0.750. The summed E-state index contributed by atoms with van der Waals surface area (Å²) in [4.78, 5) is 35.6. The SMILES string of the molecule is O=C(O)C1CC1C(=O)NCCC(=O)N1CCCC1. The average molecular weight is 254 g/mol. The number of hydrogen-bond acceptors (Lipinski definition) is 3. The van der Waals surface area contributed by atoms with Gasteiger partial charge in [-0.05, 0) is 19.3 Å². The third-order valence-corrected chi connectivity index (χ3v) is 3.54. The number of carbonyl (C=O) groups excluding carboxylic acids is 2. The lowest BCUT2D eigenvalue weighted by molar-refractivity contribution is -0.140. The van der Waals surface area contributed by atoms with Gasteiger partial charge in [0.2, 0.25) is 11.8 Å². The zero-order chi connectivity index (χ0) is 13.1. The maximum Gasteiger partial charge on any atom is 0.307 e. The number of amides is 2. The van der Waals surface area contributed by atoms with Gasteiger partial charge in [0, 0.05) is 26.1 Å². The summed E-state index contributed by atoms with van der Waals surface area (Å²) in [5.41, 5.74) is 0. The minimum absolute atomic E-state index is 0.0679. The molecular weight excluding hydrogens is 236 g/mol. The molecule has 2 N–H and O–H groups in total. The quantitative estimate of drug-likeness (QED) is 0.713. The molecule has 1 aliphatic carbocycles. The van der Waals surface area contributed by atoms with Crippen molar-refractivity contribution in [1.29, 1.82) is 0 Å². The molecule has 1 heterocycles. The fourth-order valence-electron chi connectivity index (χ4n) is 2.31. The summed E-state index contributed by atoms with van der Waals surface area (Å²) in [6, 6.07) is 0. The second kappa shape index (κ2) is 5.37. The third kappa shape index (κ3) is 3.00. The molecule has 2 aliphatic rings. The van der Waals surface area contributed by atoms with Gasteiger partial charge in [0.25, 0.3) is 0 Å². The van der Waals surface area contributed by atoms with Gasteiger partial charge >= 0.3 is 5.97 Å². The molecule has 0 aromatic heterocycles. The Morgan fingerprint density at radius 3 is 2.39 bits per heavy atom. The molecule has 18 heavy (non-hydrogen) atoms. The van der Waals surface area contributed by atoms with Crippen LogP contribution in [0.1, 0.15) is 25.7 Å². The van der Waals surface area contributed by atoms with E-state index in [1.165, 1.54) is 0 Å². The van der Waals surface area contributed by atoms with Crippen LogP contribution >= 0.6 is 0 Å². The highest BCUT2D eigenvalue weighted by molar-refractivity contribution is 5.89. The molecule has 1 saturated heterocycles. The fourth-order valence-corrected chi connectivity index (χ4v) is 2.31. The van der Waals surface area contributed by atoms with Crippen LogP contribution in [0.5, 0.6) is 0 Å². The van der Waals surface area contributed by atoms with E-state index in [4.69, 9.17) is 5.11 Å². The van der Waals surface area contributed by atoms with E-state index in [1.54, 1.807) is 0 Å². The highest BCUT2D eigenvalue weighted by Gasteiger charge is 2.48. The number of nitrogens with one attached hydrogen (secondary N) is 1. The molecule has 2 unspecified atom stereocenters. The van der Waals surface area contributed by atoms with Crippen LogP contribution in [-0.2, 0) is 14.4 Å². The van der Waals surface area contributed by atoms with Crippen molar-refractivity contribution >= 4 is 17.8 Å². The molecule has 2 amide bonds. The Morgan fingerprint density at radius 2 is 1.83 bits per heavy atom. The van der Waals surface area contributed by atoms with Crippen molar-refractivity contribution in [2.45, 2.75) is 25.7 Å². The molecule has 0 bridgehead atoms. The van der Waals surface area contributed by atoms with E-state index in [9.17, 15) is 14.4 Å². The van der Waals surface area contributed by atoms with Crippen molar-refractivity contribution < 1.29 is 19.5 Å². The maximum atomic E-state index is 11.7. The predicted molar refractivity (Wildman–Crippen MR) is 62.7 cm³/mol. The van der Waals surface area contributed by atoms with Crippen molar-refractivity contribution in [3.05, 3.63) is 0 Å². The Labute approximate surface area is 105 Å². The molecular formula is C12H18N2O4. The molecule has 1 saturated carbocycles. The van der Waals surface area contributed by atoms with Gasteiger partial charge in [-0.15, -0.1) is 0 Å². The summed E-state index contributed by atoms with van der Waals surface area (Å²) in [6.45, 7) is 1.93. The van der Waals surface area contributed by atoms with Gasteiger partial charge in [0.15, 0.2) is 0 Å². The van der Waals surface area contributed by atoms with Gasteiger partial charge in [-0.1, -0.05) is 0 Å². The Bertz CT molecular complexity index is 363. The van der Waals surface area contributed by atoms with Gasteiger partial charge in [-0.2, -0.15) is 0 Å². The normalized spacial score (nSPS) is 25.9. The van der Waals surface area contributed by atoms with Crippen molar-refractivity contribution in [1.82, 2.24) is 10.2 Å². The van der Waals surface area contributed by atoms with Crippen molar-refractivity contribution in [2.24, 2.45) is 11.8 Å². The van der Waals surface area contributed by atoms with Gasteiger partial charge < -0.3 is 15.3 Å². The van der Waals surface area contributed by atoms with E-state index in [2.05, 4.69) is 5.32 Å². The third-order valence-electron chi connectivity index (χ3n) is 3.54. The summed E-state index contributed by atoms with van der Waals surface area (Å²) in [5.74, 6) is -2.01. The number of rotatable bonds is 5. The molecule has 1 aliphatic heterocycles. The molecule has 2 atom stereocenters. The first kappa shape index (κ1) is 12.9. The second-order valence-electron chi connectivity index (χ2n) is 4.92. The molecule has 2 rings (SSSR count). The first-order chi connectivity index (χ1) is 8.59. The van der Waals surface area contributed by atoms with Crippen molar-refractivity contribution in [3.63, 3.8) is 0 Å². The zero-order valence-electron chi connectivity index (χ0n) is 10.2. The molecule has 6 heteroatoms. The summed E-state index contributed by atoms with van der Waals surface area (Å²) in [6.07, 6.45) is 2.83. The van der Waals surface area contributed by atoms with E-state index in [1.807, 2.05) is 4.90 Å². The highest BCUT2D eigenvalue weighted by atomic mass is 16.4. The highest BCUT2D eigenvalue weighted by Crippen LogP contribution is 2.38. The zero-order valence-corrected chi connectivity index (χ0v) is 10.2. The molecule has 100 valence electrons. The van der Waals surface area contributed by atoms with E-state index >= 15 is 0 Å². The van der Waals surface area contributed by atoms with Crippen LogP contribution in [0.15, 0.2) is 0 Å². The minimum atomic E-state index is -0.914. The second-order valence-corrected chi connectivity index (χ2v) is 4.92. The first-order valence-corrected chi connectivity index (χ1v) is 6.38. The Hall–Kier alpha value is -1.59. The number of likely N-dealkylation sites (tertiary alicyclic amines) is 1. The van der Waals surface area contributed by atoms with E-state index in [0.29, 0.717) is 19.4 Å². The number of hydrogen-bond donors (Lipinski definition) is 2. The number of aliphatic carboxylic acids is 1. The van der Waals surface area contributed by atoms with Crippen LogP contribution in [-0.4, -0.2) is 47.4 Å². The van der Waals surface area contributed by atoms with Crippen LogP contribution in [0.25, 0.3) is 0 Å². The van der Waals surface area contributed by atoms with Crippen LogP contribution in [0.4, 0.5) is 0 Å².